The summed E-state index contributed by atoms with van der Waals surface area (Å²) < 4.78 is 0. The van der Waals surface area contributed by atoms with Gasteiger partial charge in [-0.1, -0.05) is 27.7 Å². The van der Waals surface area contributed by atoms with Gasteiger partial charge < -0.3 is 5.32 Å². The number of hydrogen-bond acceptors (Lipinski definition) is 1. The molecule has 68 valence electrons. The minimum absolute atomic E-state index is 0. The van der Waals surface area contributed by atoms with E-state index in [1.54, 1.807) is 0 Å². The molecular formula is C9H21NO. The fourth-order valence-electron chi connectivity index (χ4n) is 0.558. The molecule has 0 aliphatic rings. The van der Waals surface area contributed by atoms with Gasteiger partial charge in [0.2, 0.25) is 5.91 Å². The molecule has 0 spiro atoms. The summed E-state index contributed by atoms with van der Waals surface area (Å²) in [7, 11) is 0. The third-order valence-corrected chi connectivity index (χ3v) is 1.89. The fraction of sp³-hybridized carbons (Fsp3) is 0.889. The lowest BCUT2D eigenvalue weighted by molar-refractivity contribution is -0.124. The van der Waals surface area contributed by atoms with Gasteiger partial charge in [-0.3, -0.25) is 4.79 Å². The minimum atomic E-state index is 0. The number of nitrogens with one attached hydrogen (secondary N) is 1. The maximum atomic E-state index is 11.1. The quantitative estimate of drug-likeness (QED) is 0.671. The normalized spacial score (nSPS) is 13.7. The van der Waals surface area contributed by atoms with Gasteiger partial charge in [0.25, 0.3) is 0 Å². The third-order valence-electron chi connectivity index (χ3n) is 1.89. The predicted octanol–water partition coefficient (Wildman–Crippen LogP) is 2.05. The number of hydrogen-bond donors (Lipinski definition) is 1. The molecule has 0 aliphatic carbocycles. The molecule has 2 nitrogen and oxygen atoms in total. The van der Waals surface area contributed by atoms with E-state index >= 15 is 0 Å². The van der Waals surface area contributed by atoms with Crippen LogP contribution in [0, 0.1) is 11.8 Å². The molecule has 0 heterocycles. The molecule has 11 heavy (non-hydrogen) atoms. The van der Waals surface area contributed by atoms with Crippen LogP contribution in [0.2, 0.25) is 0 Å². The van der Waals surface area contributed by atoms with Gasteiger partial charge in [0.1, 0.15) is 0 Å². The van der Waals surface area contributed by atoms with Crippen molar-refractivity contribution in [2.75, 3.05) is 0 Å². The third kappa shape index (κ3) is 4.02. The first kappa shape index (κ1) is 10.5. The van der Waals surface area contributed by atoms with Crippen LogP contribution >= 0.6 is 0 Å². The van der Waals surface area contributed by atoms with Crippen molar-refractivity contribution in [3.05, 3.63) is 0 Å². The van der Waals surface area contributed by atoms with Crippen molar-refractivity contribution in [3.8, 4) is 0 Å². The van der Waals surface area contributed by atoms with Gasteiger partial charge >= 0.3 is 0 Å². The summed E-state index contributed by atoms with van der Waals surface area (Å²) in [5.74, 6) is 0.750. The zero-order valence-corrected chi connectivity index (χ0v) is 8.14. The average molecular weight is 159 g/mol. The summed E-state index contributed by atoms with van der Waals surface area (Å²) in [5, 5.41) is 2.94. The molecule has 1 atom stereocenters. The number of carbonyl (C=O) groups excluding carboxylic acids is 1. The predicted molar refractivity (Wildman–Crippen MR) is 49.4 cm³/mol. The van der Waals surface area contributed by atoms with E-state index in [1.807, 2.05) is 20.8 Å². The molecular weight excluding hydrogens is 138 g/mol. The molecule has 0 aromatic rings. The Bertz CT molecular complexity index is 134. The monoisotopic (exact) mass is 159 g/mol. The van der Waals surface area contributed by atoms with Crippen LogP contribution in [-0.4, -0.2) is 11.9 Å². The molecule has 0 saturated carbocycles. The maximum absolute atomic E-state index is 11.1. The summed E-state index contributed by atoms with van der Waals surface area (Å²) in [4.78, 5) is 11.1. The highest BCUT2D eigenvalue weighted by atomic mass is 16.1. The first-order valence-electron chi connectivity index (χ1n) is 4.25. The van der Waals surface area contributed by atoms with Crippen LogP contribution in [0.15, 0.2) is 0 Å². The largest absolute Gasteiger partial charge is 0.353 e. The number of amides is 1. The first-order chi connectivity index (χ1) is 4.95. The summed E-state index contributed by atoms with van der Waals surface area (Å²) in [6.45, 7) is 10.0. The van der Waals surface area contributed by atoms with Gasteiger partial charge in [-0.25, -0.2) is 0 Å². The number of carbonyl (C=O) groups is 1. The van der Waals surface area contributed by atoms with Crippen molar-refractivity contribution in [1.82, 2.24) is 5.32 Å². The van der Waals surface area contributed by atoms with Gasteiger partial charge in [-0.05, 0) is 12.8 Å². The number of rotatable bonds is 3. The van der Waals surface area contributed by atoms with Crippen LogP contribution in [0.3, 0.4) is 0 Å². The van der Waals surface area contributed by atoms with Crippen LogP contribution in [0.1, 0.15) is 36.0 Å². The highest BCUT2D eigenvalue weighted by Gasteiger charge is 2.12. The molecule has 1 amide bonds. The van der Waals surface area contributed by atoms with E-state index in [0.717, 1.165) is 0 Å². The summed E-state index contributed by atoms with van der Waals surface area (Å²) in [5.41, 5.74) is 0. The van der Waals surface area contributed by atoms with E-state index in [2.05, 4.69) is 19.2 Å². The Labute approximate surface area is 70.9 Å². The lowest BCUT2D eigenvalue weighted by atomic mass is 10.1. The zero-order chi connectivity index (χ0) is 9.02. The SMILES string of the molecule is CC(C)C(=O)NC(C)C(C)C.[HH]. The van der Waals surface area contributed by atoms with Gasteiger partial charge in [0, 0.05) is 13.4 Å². The lowest BCUT2D eigenvalue weighted by Crippen LogP contribution is -2.38. The smallest absolute Gasteiger partial charge is 0.222 e. The van der Waals surface area contributed by atoms with Crippen LogP contribution in [-0.2, 0) is 4.79 Å². The molecule has 0 saturated heterocycles. The van der Waals surface area contributed by atoms with Gasteiger partial charge in [0.05, 0.1) is 0 Å². The van der Waals surface area contributed by atoms with Crippen LogP contribution in [0.25, 0.3) is 0 Å². The van der Waals surface area contributed by atoms with E-state index in [4.69, 9.17) is 0 Å². The maximum Gasteiger partial charge on any atom is 0.222 e. The lowest BCUT2D eigenvalue weighted by Gasteiger charge is -2.18. The van der Waals surface area contributed by atoms with Crippen LogP contribution < -0.4 is 5.32 Å². The Morgan fingerprint density at radius 2 is 1.64 bits per heavy atom. The second kappa shape index (κ2) is 4.37. The molecule has 0 bridgehead atoms. The van der Waals surface area contributed by atoms with Gasteiger partial charge in [-0.15, -0.1) is 0 Å². The topological polar surface area (TPSA) is 29.1 Å². The second-order valence-corrected chi connectivity index (χ2v) is 3.70. The van der Waals surface area contributed by atoms with Gasteiger partial charge in [-0.2, -0.15) is 0 Å². The molecule has 0 fully saturated rings. The minimum Gasteiger partial charge on any atom is -0.353 e. The van der Waals surface area contributed by atoms with Crippen LogP contribution in [0.5, 0.6) is 0 Å². The van der Waals surface area contributed by atoms with E-state index in [0.29, 0.717) is 5.92 Å². The van der Waals surface area contributed by atoms with Gasteiger partial charge in [0.15, 0.2) is 0 Å². The van der Waals surface area contributed by atoms with E-state index in [-0.39, 0.29) is 19.3 Å². The Morgan fingerprint density at radius 1 is 1.18 bits per heavy atom. The summed E-state index contributed by atoms with van der Waals surface area (Å²) in [6.07, 6.45) is 0. The molecule has 1 N–H and O–H groups in total. The fourth-order valence-corrected chi connectivity index (χ4v) is 0.558. The van der Waals surface area contributed by atoms with E-state index in [1.165, 1.54) is 0 Å². The Balaban J connectivity index is 0. The van der Waals surface area contributed by atoms with E-state index in [9.17, 15) is 4.79 Å². The molecule has 0 aromatic carbocycles. The highest BCUT2D eigenvalue weighted by Crippen LogP contribution is 2.01. The second-order valence-electron chi connectivity index (χ2n) is 3.70. The van der Waals surface area contributed by atoms with Crippen molar-refractivity contribution in [1.29, 1.82) is 0 Å². The zero-order valence-electron chi connectivity index (χ0n) is 8.14. The Morgan fingerprint density at radius 3 is 1.91 bits per heavy atom. The van der Waals surface area contributed by atoms with Crippen molar-refractivity contribution in [3.63, 3.8) is 0 Å². The van der Waals surface area contributed by atoms with E-state index < -0.39 is 0 Å². The molecule has 1 unspecified atom stereocenters. The highest BCUT2D eigenvalue weighted by molar-refractivity contribution is 5.78. The molecule has 0 aliphatic heterocycles. The van der Waals surface area contributed by atoms with Crippen molar-refractivity contribution in [2.45, 2.75) is 40.7 Å². The van der Waals surface area contributed by atoms with Crippen LogP contribution in [0.4, 0.5) is 0 Å². The summed E-state index contributed by atoms with van der Waals surface area (Å²) >= 11 is 0. The Hall–Kier alpha value is -0.530. The average Bonchev–Trinajstić information content (AvgIpc) is 1.87. The molecule has 2 heteroatoms. The van der Waals surface area contributed by atoms with Crippen molar-refractivity contribution < 1.29 is 6.22 Å². The summed E-state index contributed by atoms with van der Waals surface area (Å²) in [6, 6.07) is 0.282. The van der Waals surface area contributed by atoms with Crippen molar-refractivity contribution >= 4 is 5.91 Å². The first-order valence-corrected chi connectivity index (χ1v) is 4.25. The molecule has 0 rings (SSSR count). The standard InChI is InChI=1S/C9H19NO.H2/c1-6(2)8(5)10-9(11)7(3)4;/h6-8H,1-5H3,(H,10,11);1H. The Kier molecular flexibility index (Phi) is 4.16. The molecule has 0 aromatic heterocycles. The molecule has 0 radical (unpaired) electrons. The van der Waals surface area contributed by atoms with Crippen molar-refractivity contribution in [2.24, 2.45) is 11.8 Å².